The van der Waals surface area contributed by atoms with E-state index >= 15 is 0 Å². The van der Waals surface area contributed by atoms with Crippen LogP contribution in [0, 0.1) is 6.92 Å². The molecule has 0 unspecified atom stereocenters. The number of benzene rings is 2. The summed E-state index contributed by atoms with van der Waals surface area (Å²) in [5, 5.41) is 1.09. The first-order valence-electron chi connectivity index (χ1n) is 7.69. The zero-order valence-electron chi connectivity index (χ0n) is 12.9. The third kappa shape index (κ3) is 2.59. The van der Waals surface area contributed by atoms with Crippen LogP contribution >= 0.6 is 0 Å². The van der Waals surface area contributed by atoms with Gasteiger partial charge in [-0.05, 0) is 53.4 Å². The molecule has 0 amide bonds. The third-order valence-electron chi connectivity index (χ3n) is 3.99. The fourth-order valence-corrected chi connectivity index (χ4v) is 2.92. The molecule has 0 atom stereocenters. The van der Waals surface area contributed by atoms with E-state index in [9.17, 15) is 0 Å². The molecule has 0 aliphatic heterocycles. The van der Waals surface area contributed by atoms with Crippen molar-refractivity contribution < 1.29 is 0 Å². The minimum atomic E-state index is 0.799. The zero-order chi connectivity index (χ0) is 15.6. The third-order valence-corrected chi connectivity index (χ3v) is 3.99. The Hall–Kier alpha value is -3.00. The summed E-state index contributed by atoms with van der Waals surface area (Å²) in [6.07, 6.45) is 1.79. The molecule has 0 aliphatic carbocycles. The molecule has 23 heavy (non-hydrogen) atoms. The number of fused-ring (bicyclic) bond motifs is 1. The first kappa shape index (κ1) is 13.6. The Morgan fingerprint density at radius 3 is 2.35 bits per heavy atom. The fourth-order valence-electron chi connectivity index (χ4n) is 2.92. The number of aryl methyl sites for hydroxylation is 1. The first-order chi connectivity index (χ1) is 11.3. The summed E-state index contributed by atoms with van der Waals surface area (Å²) in [7, 11) is 0. The predicted octanol–water partition coefficient (Wildman–Crippen LogP) is 5.27. The van der Waals surface area contributed by atoms with Crippen molar-refractivity contribution in [1.29, 1.82) is 0 Å². The normalized spacial score (nSPS) is 10.8. The lowest BCUT2D eigenvalue weighted by Crippen LogP contribution is -1.91. The van der Waals surface area contributed by atoms with E-state index in [4.69, 9.17) is 0 Å². The van der Waals surface area contributed by atoms with Crippen LogP contribution in [0.1, 0.15) is 5.69 Å². The van der Waals surface area contributed by atoms with Gasteiger partial charge >= 0.3 is 0 Å². The molecule has 2 aromatic carbocycles. The quantitative estimate of drug-likeness (QED) is 0.503. The average Bonchev–Trinajstić information content (AvgIpc) is 2.62. The van der Waals surface area contributed by atoms with Crippen molar-refractivity contribution in [3.63, 3.8) is 0 Å². The van der Waals surface area contributed by atoms with E-state index < -0.39 is 0 Å². The van der Waals surface area contributed by atoms with Crippen LogP contribution in [0.5, 0.6) is 0 Å². The second kappa shape index (κ2) is 5.65. The van der Waals surface area contributed by atoms with Gasteiger partial charge in [-0.2, -0.15) is 0 Å². The van der Waals surface area contributed by atoms with E-state index in [1.807, 2.05) is 19.1 Å². The summed E-state index contributed by atoms with van der Waals surface area (Å²) in [6, 6.07) is 25.3. The van der Waals surface area contributed by atoms with Crippen LogP contribution in [0.2, 0.25) is 0 Å². The number of hydrogen-bond donors (Lipinski definition) is 0. The highest BCUT2D eigenvalue weighted by Gasteiger charge is 2.08. The summed E-state index contributed by atoms with van der Waals surface area (Å²) in [6.45, 7) is 2.01. The van der Waals surface area contributed by atoms with Crippen LogP contribution in [-0.2, 0) is 0 Å². The van der Waals surface area contributed by atoms with Gasteiger partial charge in [0.2, 0.25) is 0 Å². The van der Waals surface area contributed by atoms with Gasteiger partial charge in [0.15, 0.2) is 5.65 Å². The van der Waals surface area contributed by atoms with Crippen molar-refractivity contribution in [1.82, 2.24) is 9.97 Å². The molecular formula is C21H16N2. The van der Waals surface area contributed by atoms with Gasteiger partial charge in [0.1, 0.15) is 0 Å². The van der Waals surface area contributed by atoms with Crippen molar-refractivity contribution >= 4 is 11.0 Å². The molecule has 0 saturated heterocycles. The molecule has 0 fully saturated rings. The Kier molecular flexibility index (Phi) is 3.35. The number of pyridine rings is 2. The maximum absolute atomic E-state index is 4.53. The van der Waals surface area contributed by atoms with E-state index in [-0.39, 0.29) is 0 Å². The van der Waals surface area contributed by atoms with E-state index in [0.29, 0.717) is 0 Å². The van der Waals surface area contributed by atoms with Crippen LogP contribution in [-0.4, -0.2) is 9.97 Å². The van der Waals surface area contributed by atoms with Gasteiger partial charge in [-0.15, -0.1) is 0 Å². The Bertz CT molecular complexity index is 975. The number of aromatic nitrogens is 2. The summed E-state index contributed by atoms with van der Waals surface area (Å²) in [5.74, 6) is 0. The monoisotopic (exact) mass is 296 g/mol. The zero-order valence-corrected chi connectivity index (χ0v) is 12.9. The summed E-state index contributed by atoms with van der Waals surface area (Å²) in [5.41, 5.74) is 6.59. The summed E-state index contributed by atoms with van der Waals surface area (Å²) < 4.78 is 0. The van der Waals surface area contributed by atoms with E-state index in [1.54, 1.807) is 6.20 Å². The SMILES string of the molecule is Cc1cc(-c2cccc(-c3ccccc3)c2)c2cccnc2n1. The molecule has 2 heterocycles. The molecule has 0 saturated carbocycles. The highest BCUT2D eigenvalue weighted by atomic mass is 14.8. The smallest absolute Gasteiger partial charge is 0.159 e. The van der Waals surface area contributed by atoms with Crippen molar-refractivity contribution in [2.24, 2.45) is 0 Å². The first-order valence-corrected chi connectivity index (χ1v) is 7.69. The van der Waals surface area contributed by atoms with Crippen LogP contribution in [0.15, 0.2) is 79.0 Å². The van der Waals surface area contributed by atoms with Crippen molar-refractivity contribution in [2.75, 3.05) is 0 Å². The van der Waals surface area contributed by atoms with Gasteiger partial charge in [-0.1, -0.05) is 48.5 Å². The highest BCUT2D eigenvalue weighted by Crippen LogP contribution is 2.30. The molecular weight excluding hydrogens is 280 g/mol. The maximum atomic E-state index is 4.53. The average molecular weight is 296 g/mol. The molecule has 0 N–H and O–H groups in total. The number of rotatable bonds is 2. The largest absolute Gasteiger partial charge is 0.237 e. The van der Waals surface area contributed by atoms with Gasteiger partial charge < -0.3 is 0 Å². The molecule has 0 spiro atoms. The standard InChI is InChI=1S/C21H16N2/c1-15-13-20(19-11-6-12-22-21(19)23-15)18-10-5-9-17(14-18)16-7-3-2-4-8-16/h2-14H,1H3. The summed E-state index contributed by atoms with van der Waals surface area (Å²) >= 11 is 0. The molecule has 110 valence electrons. The Labute approximate surface area is 135 Å². The maximum Gasteiger partial charge on any atom is 0.159 e. The van der Waals surface area contributed by atoms with Crippen molar-refractivity contribution in [3.05, 3.63) is 84.7 Å². The lowest BCUT2D eigenvalue weighted by atomic mass is 9.97. The van der Waals surface area contributed by atoms with Crippen LogP contribution in [0.3, 0.4) is 0 Å². The van der Waals surface area contributed by atoms with Gasteiger partial charge in [0.25, 0.3) is 0 Å². The predicted molar refractivity (Wildman–Crippen MR) is 95.1 cm³/mol. The lowest BCUT2D eigenvalue weighted by molar-refractivity contribution is 1.20. The minimum Gasteiger partial charge on any atom is -0.237 e. The van der Waals surface area contributed by atoms with Crippen LogP contribution < -0.4 is 0 Å². The Balaban J connectivity index is 1.92. The molecule has 2 heteroatoms. The van der Waals surface area contributed by atoms with Crippen LogP contribution in [0.4, 0.5) is 0 Å². The molecule has 2 aromatic heterocycles. The number of nitrogens with zero attached hydrogens (tertiary/aromatic N) is 2. The van der Waals surface area contributed by atoms with Crippen molar-refractivity contribution in [3.8, 4) is 22.3 Å². The van der Waals surface area contributed by atoms with Gasteiger partial charge in [0.05, 0.1) is 0 Å². The second-order valence-corrected chi connectivity index (χ2v) is 5.63. The topological polar surface area (TPSA) is 25.8 Å². The van der Waals surface area contributed by atoms with E-state index in [0.717, 1.165) is 16.7 Å². The van der Waals surface area contributed by atoms with Crippen LogP contribution in [0.25, 0.3) is 33.3 Å². The molecule has 4 rings (SSSR count). The number of hydrogen-bond acceptors (Lipinski definition) is 2. The lowest BCUT2D eigenvalue weighted by Gasteiger charge is -2.09. The Morgan fingerprint density at radius 1 is 0.696 bits per heavy atom. The van der Waals surface area contributed by atoms with Gasteiger partial charge in [-0.25, -0.2) is 9.97 Å². The molecule has 0 radical (unpaired) electrons. The molecule has 0 aliphatic rings. The van der Waals surface area contributed by atoms with Crippen molar-refractivity contribution in [2.45, 2.75) is 6.92 Å². The molecule has 0 bridgehead atoms. The molecule has 4 aromatic rings. The van der Waals surface area contributed by atoms with Gasteiger partial charge in [-0.3, -0.25) is 0 Å². The minimum absolute atomic E-state index is 0.799. The fraction of sp³-hybridized carbons (Fsp3) is 0.0476. The van der Waals surface area contributed by atoms with E-state index in [2.05, 4.69) is 70.6 Å². The second-order valence-electron chi connectivity index (χ2n) is 5.63. The van der Waals surface area contributed by atoms with E-state index in [1.165, 1.54) is 22.3 Å². The summed E-state index contributed by atoms with van der Waals surface area (Å²) in [4.78, 5) is 8.93. The van der Waals surface area contributed by atoms with Gasteiger partial charge in [0, 0.05) is 17.3 Å². The molecule has 2 nitrogen and oxygen atoms in total. The Morgan fingerprint density at radius 2 is 1.48 bits per heavy atom. The highest BCUT2D eigenvalue weighted by molar-refractivity contribution is 5.93.